The Morgan fingerprint density at radius 1 is 1.09 bits per heavy atom. The second kappa shape index (κ2) is 6.71. The van der Waals surface area contributed by atoms with E-state index < -0.39 is 23.3 Å². The van der Waals surface area contributed by atoms with Crippen molar-refractivity contribution in [3.05, 3.63) is 47.5 Å². The molecule has 0 unspecified atom stereocenters. The van der Waals surface area contributed by atoms with Gasteiger partial charge in [-0.25, -0.2) is 4.79 Å². The van der Waals surface area contributed by atoms with Crippen LogP contribution in [0.2, 0.25) is 0 Å². The largest absolute Gasteiger partial charge is 0.504 e. The predicted octanol–water partition coefficient (Wildman–Crippen LogP) is 2.48. The molecular weight excluding hydrogens is 284 g/mol. The Morgan fingerprint density at radius 2 is 1.73 bits per heavy atom. The molecule has 22 heavy (non-hydrogen) atoms. The Bertz CT molecular complexity index is 663. The molecule has 116 valence electrons. The highest BCUT2D eigenvalue weighted by atomic mass is 16.3. The molecule has 0 fully saturated rings. The monoisotopic (exact) mass is 302 g/mol. The summed E-state index contributed by atoms with van der Waals surface area (Å²) in [5.74, 6) is -1.63. The molecule has 2 aromatic rings. The van der Waals surface area contributed by atoms with Crippen LogP contribution in [0.15, 0.2) is 36.4 Å². The molecular formula is C16H18N2O4. The van der Waals surface area contributed by atoms with Gasteiger partial charge in [0.05, 0.1) is 5.69 Å². The van der Waals surface area contributed by atoms with Gasteiger partial charge in [-0.05, 0) is 24.5 Å². The molecule has 0 aromatic heterocycles. The lowest BCUT2D eigenvalue weighted by Gasteiger charge is -2.10. The summed E-state index contributed by atoms with van der Waals surface area (Å²) < 4.78 is 0. The lowest BCUT2D eigenvalue weighted by molar-refractivity contribution is 0.252. The fourth-order valence-electron chi connectivity index (χ4n) is 2.05. The van der Waals surface area contributed by atoms with E-state index in [2.05, 4.69) is 10.6 Å². The van der Waals surface area contributed by atoms with Gasteiger partial charge in [0, 0.05) is 18.7 Å². The Morgan fingerprint density at radius 3 is 2.36 bits per heavy atom. The summed E-state index contributed by atoms with van der Waals surface area (Å²) >= 11 is 0. The topological polar surface area (TPSA) is 102 Å². The zero-order valence-electron chi connectivity index (χ0n) is 12.1. The van der Waals surface area contributed by atoms with Crippen molar-refractivity contribution >= 4 is 11.7 Å². The molecule has 0 bridgehead atoms. The van der Waals surface area contributed by atoms with Crippen LogP contribution >= 0.6 is 0 Å². The van der Waals surface area contributed by atoms with Crippen LogP contribution in [-0.2, 0) is 6.42 Å². The van der Waals surface area contributed by atoms with Gasteiger partial charge in [0.15, 0.2) is 17.2 Å². The van der Waals surface area contributed by atoms with E-state index in [1.807, 2.05) is 31.2 Å². The van der Waals surface area contributed by atoms with E-state index in [4.69, 9.17) is 0 Å². The number of carbonyl (C=O) groups is 1. The number of rotatable bonds is 4. The number of nitrogens with one attached hydrogen (secondary N) is 2. The summed E-state index contributed by atoms with van der Waals surface area (Å²) in [6, 6.07) is 9.76. The first kappa shape index (κ1) is 15.5. The number of carbonyl (C=O) groups excluding carboxylic acids is 1. The number of hydrogen-bond donors (Lipinski definition) is 5. The minimum absolute atomic E-state index is 0.182. The quantitative estimate of drug-likeness (QED) is 0.442. The third-order valence-corrected chi connectivity index (χ3v) is 3.27. The number of phenols is 3. The number of benzene rings is 2. The second-order valence-corrected chi connectivity index (χ2v) is 4.92. The van der Waals surface area contributed by atoms with Gasteiger partial charge < -0.3 is 26.0 Å². The number of aromatic hydroxyl groups is 3. The highest BCUT2D eigenvalue weighted by Gasteiger charge is 2.10. The first-order valence-electron chi connectivity index (χ1n) is 6.81. The molecule has 6 nitrogen and oxygen atoms in total. The summed E-state index contributed by atoms with van der Waals surface area (Å²) in [6.07, 6.45) is 0.701. The summed E-state index contributed by atoms with van der Waals surface area (Å²) in [7, 11) is 0. The number of phenolic OH excluding ortho intramolecular Hbond substituents is 3. The average molecular weight is 302 g/mol. The van der Waals surface area contributed by atoms with Gasteiger partial charge in [-0.15, -0.1) is 0 Å². The zero-order chi connectivity index (χ0) is 16.1. The molecule has 5 N–H and O–H groups in total. The maximum absolute atomic E-state index is 11.7. The van der Waals surface area contributed by atoms with Crippen molar-refractivity contribution in [3.8, 4) is 17.2 Å². The second-order valence-electron chi connectivity index (χ2n) is 4.92. The van der Waals surface area contributed by atoms with E-state index in [1.54, 1.807) is 0 Å². The number of urea groups is 1. The molecule has 0 atom stereocenters. The molecule has 6 heteroatoms. The summed E-state index contributed by atoms with van der Waals surface area (Å²) in [6.45, 7) is 2.46. The van der Waals surface area contributed by atoms with Gasteiger partial charge in [-0.2, -0.15) is 0 Å². The van der Waals surface area contributed by atoms with Gasteiger partial charge in [0.25, 0.3) is 0 Å². The van der Waals surface area contributed by atoms with Crippen LogP contribution in [0.1, 0.15) is 11.1 Å². The van der Waals surface area contributed by atoms with Gasteiger partial charge >= 0.3 is 6.03 Å². The molecule has 0 radical (unpaired) electrons. The molecule has 0 aliphatic carbocycles. The van der Waals surface area contributed by atoms with Crippen LogP contribution in [-0.4, -0.2) is 27.9 Å². The first-order valence-corrected chi connectivity index (χ1v) is 6.81. The third-order valence-electron chi connectivity index (χ3n) is 3.27. The third kappa shape index (κ3) is 3.82. The smallest absolute Gasteiger partial charge is 0.319 e. The lowest BCUT2D eigenvalue weighted by atomic mass is 10.1. The molecule has 0 saturated heterocycles. The molecule has 0 saturated carbocycles. The Labute approximate surface area is 128 Å². The van der Waals surface area contributed by atoms with E-state index >= 15 is 0 Å². The van der Waals surface area contributed by atoms with Gasteiger partial charge in [-0.1, -0.05) is 24.3 Å². The van der Waals surface area contributed by atoms with Crippen LogP contribution < -0.4 is 10.6 Å². The first-order chi connectivity index (χ1) is 10.5. The van der Waals surface area contributed by atoms with E-state index in [9.17, 15) is 20.1 Å². The zero-order valence-corrected chi connectivity index (χ0v) is 12.1. The van der Waals surface area contributed by atoms with Crippen LogP contribution in [0.5, 0.6) is 17.2 Å². The fourth-order valence-corrected chi connectivity index (χ4v) is 2.05. The van der Waals surface area contributed by atoms with Crippen LogP contribution in [0.25, 0.3) is 0 Å². The van der Waals surface area contributed by atoms with Crippen LogP contribution in [0.4, 0.5) is 10.5 Å². The fraction of sp³-hybridized carbons (Fsp3) is 0.188. The van der Waals surface area contributed by atoms with Crippen molar-refractivity contribution in [2.75, 3.05) is 11.9 Å². The molecule has 2 rings (SSSR count). The molecule has 2 amide bonds. The minimum Gasteiger partial charge on any atom is -0.504 e. The van der Waals surface area contributed by atoms with Crippen molar-refractivity contribution in [1.29, 1.82) is 0 Å². The SMILES string of the molecule is Cc1ccccc1CCNC(=O)Nc1cc(O)c(O)c(O)c1. The number of amides is 2. The molecule has 2 aromatic carbocycles. The number of aryl methyl sites for hydroxylation is 1. The predicted molar refractivity (Wildman–Crippen MR) is 83.3 cm³/mol. The van der Waals surface area contributed by atoms with Gasteiger partial charge in [0.1, 0.15) is 0 Å². The van der Waals surface area contributed by atoms with E-state index in [0.717, 1.165) is 23.3 Å². The van der Waals surface area contributed by atoms with Crippen LogP contribution in [0, 0.1) is 6.92 Å². The van der Waals surface area contributed by atoms with Crippen LogP contribution in [0.3, 0.4) is 0 Å². The highest BCUT2D eigenvalue weighted by molar-refractivity contribution is 5.90. The van der Waals surface area contributed by atoms with Crippen molar-refractivity contribution in [2.24, 2.45) is 0 Å². The Hall–Kier alpha value is -2.89. The van der Waals surface area contributed by atoms with E-state index in [-0.39, 0.29) is 5.69 Å². The average Bonchev–Trinajstić information content (AvgIpc) is 2.46. The Kier molecular flexibility index (Phi) is 4.73. The Balaban J connectivity index is 1.87. The van der Waals surface area contributed by atoms with E-state index in [1.165, 1.54) is 0 Å². The lowest BCUT2D eigenvalue weighted by Crippen LogP contribution is -2.30. The van der Waals surface area contributed by atoms with Crippen molar-refractivity contribution in [1.82, 2.24) is 5.32 Å². The van der Waals surface area contributed by atoms with Crippen molar-refractivity contribution in [3.63, 3.8) is 0 Å². The van der Waals surface area contributed by atoms with Gasteiger partial charge in [0.2, 0.25) is 0 Å². The van der Waals surface area contributed by atoms with Crippen molar-refractivity contribution < 1.29 is 20.1 Å². The molecule has 0 heterocycles. The highest BCUT2D eigenvalue weighted by Crippen LogP contribution is 2.37. The molecule has 0 spiro atoms. The molecule has 0 aliphatic rings. The van der Waals surface area contributed by atoms with Crippen molar-refractivity contribution in [2.45, 2.75) is 13.3 Å². The minimum atomic E-state index is -0.620. The van der Waals surface area contributed by atoms with E-state index in [0.29, 0.717) is 13.0 Å². The summed E-state index contributed by atoms with van der Waals surface area (Å²) in [4.78, 5) is 11.7. The summed E-state index contributed by atoms with van der Waals surface area (Å²) in [5, 5.41) is 33.1. The maximum atomic E-state index is 11.7. The number of hydrogen-bond acceptors (Lipinski definition) is 4. The summed E-state index contributed by atoms with van der Waals surface area (Å²) in [5.41, 5.74) is 2.50. The number of anilines is 1. The van der Waals surface area contributed by atoms with Gasteiger partial charge in [-0.3, -0.25) is 0 Å². The maximum Gasteiger partial charge on any atom is 0.319 e. The normalized spacial score (nSPS) is 10.2. The molecule has 0 aliphatic heterocycles. The standard InChI is InChI=1S/C16H18N2O4/c1-10-4-2-3-5-11(10)6-7-17-16(22)18-12-8-13(19)15(21)14(20)9-12/h2-5,8-9,19-21H,6-7H2,1H3,(H2,17,18,22).